The number of rotatable bonds is 5. The van der Waals surface area contributed by atoms with Crippen LogP contribution < -0.4 is 10.6 Å². The Morgan fingerprint density at radius 3 is 2.00 bits per heavy atom. The third-order valence-electron chi connectivity index (χ3n) is 1.50. The lowest BCUT2D eigenvalue weighted by Gasteiger charge is -2.13. The van der Waals surface area contributed by atoms with Crippen LogP contribution in [0.15, 0.2) is 0 Å². The monoisotopic (exact) mass is 160 g/mol. The van der Waals surface area contributed by atoms with Crippen LogP contribution in [0.1, 0.15) is 33.6 Å². The maximum absolute atomic E-state index is 3.24. The standard InChI is InChI=1S/C7H18N2.C2H6/c1-4-5-7(9-3)6-8-2;1-2/h7-9H,4-6H2,1-3H3;1-2H3. The lowest BCUT2D eigenvalue weighted by molar-refractivity contribution is 0.494. The molecule has 0 bridgehead atoms. The first-order chi connectivity index (χ1) is 5.35. The minimum atomic E-state index is 0.653. The summed E-state index contributed by atoms with van der Waals surface area (Å²) in [6.07, 6.45) is 2.52. The second kappa shape index (κ2) is 12.6. The van der Waals surface area contributed by atoms with Crippen LogP contribution in [0.5, 0.6) is 0 Å². The van der Waals surface area contributed by atoms with Gasteiger partial charge in [-0.15, -0.1) is 0 Å². The van der Waals surface area contributed by atoms with Gasteiger partial charge in [0.05, 0.1) is 0 Å². The molecule has 0 aliphatic heterocycles. The van der Waals surface area contributed by atoms with Gasteiger partial charge in [-0.1, -0.05) is 27.2 Å². The molecular weight excluding hydrogens is 136 g/mol. The van der Waals surface area contributed by atoms with Gasteiger partial charge in [0, 0.05) is 12.6 Å². The molecule has 0 saturated heterocycles. The first-order valence-corrected chi connectivity index (χ1v) is 4.67. The molecule has 2 nitrogen and oxygen atoms in total. The molecule has 0 aromatic rings. The van der Waals surface area contributed by atoms with E-state index in [-0.39, 0.29) is 0 Å². The maximum atomic E-state index is 3.24. The largest absolute Gasteiger partial charge is 0.318 e. The average molecular weight is 160 g/mol. The predicted octanol–water partition coefficient (Wildman–Crippen LogP) is 1.62. The van der Waals surface area contributed by atoms with Crippen LogP contribution in [0.3, 0.4) is 0 Å². The molecule has 0 amide bonds. The Labute approximate surface area is 71.8 Å². The summed E-state index contributed by atoms with van der Waals surface area (Å²) in [5.74, 6) is 0. The fourth-order valence-electron chi connectivity index (χ4n) is 0.943. The van der Waals surface area contributed by atoms with E-state index in [4.69, 9.17) is 0 Å². The molecule has 2 heteroatoms. The Balaban J connectivity index is 0. The van der Waals surface area contributed by atoms with Crippen LogP contribution in [0.25, 0.3) is 0 Å². The van der Waals surface area contributed by atoms with Gasteiger partial charge in [0.25, 0.3) is 0 Å². The van der Waals surface area contributed by atoms with Crippen LogP contribution in [0.2, 0.25) is 0 Å². The number of hydrogen-bond acceptors (Lipinski definition) is 2. The van der Waals surface area contributed by atoms with Crippen molar-refractivity contribution < 1.29 is 0 Å². The highest BCUT2D eigenvalue weighted by Gasteiger charge is 2.00. The highest BCUT2D eigenvalue weighted by atomic mass is 14.9. The zero-order valence-corrected chi connectivity index (χ0v) is 8.70. The topological polar surface area (TPSA) is 24.1 Å². The average Bonchev–Trinajstić information content (AvgIpc) is 2.08. The van der Waals surface area contributed by atoms with E-state index in [2.05, 4.69) is 17.6 Å². The summed E-state index contributed by atoms with van der Waals surface area (Å²) in [6, 6.07) is 0.653. The van der Waals surface area contributed by atoms with Crippen molar-refractivity contribution in [1.82, 2.24) is 10.6 Å². The Morgan fingerprint density at radius 2 is 1.73 bits per heavy atom. The Hall–Kier alpha value is -0.0800. The normalized spacial score (nSPS) is 11.7. The summed E-state index contributed by atoms with van der Waals surface area (Å²) in [5.41, 5.74) is 0. The molecule has 0 heterocycles. The quantitative estimate of drug-likeness (QED) is 0.638. The molecule has 0 radical (unpaired) electrons. The Bertz CT molecular complexity index is 49.5. The van der Waals surface area contributed by atoms with Crippen molar-refractivity contribution in [2.75, 3.05) is 20.6 Å². The fourth-order valence-corrected chi connectivity index (χ4v) is 0.943. The van der Waals surface area contributed by atoms with Crippen molar-refractivity contribution in [3.05, 3.63) is 0 Å². The lowest BCUT2D eigenvalue weighted by Crippen LogP contribution is -2.34. The molecule has 2 N–H and O–H groups in total. The van der Waals surface area contributed by atoms with Crippen LogP contribution in [0.4, 0.5) is 0 Å². The van der Waals surface area contributed by atoms with Gasteiger partial charge >= 0.3 is 0 Å². The van der Waals surface area contributed by atoms with Crippen molar-refractivity contribution >= 4 is 0 Å². The highest BCUT2D eigenvalue weighted by molar-refractivity contribution is 4.64. The van der Waals surface area contributed by atoms with Crippen molar-refractivity contribution in [3.63, 3.8) is 0 Å². The molecule has 1 unspecified atom stereocenters. The molecule has 0 aromatic carbocycles. The number of likely N-dealkylation sites (N-methyl/N-ethyl adjacent to an activating group) is 2. The van der Waals surface area contributed by atoms with E-state index < -0.39 is 0 Å². The van der Waals surface area contributed by atoms with E-state index in [1.54, 1.807) is 0 Å². The van der Waals surface area contributed by atoms with E-state index >= 15 is 0 Å². The van der Waals surface area contributed by atoms with Gasteiger partial charge < -0.3 is 10.6 Å². The first kappa shape index (κ1) is 13.5. The van der Waals surface area contributed by atoms with E-state index in [9.17, 15) is 0 Å². The van der Waals surface area contributed by atoms with Crippen LogP contribution >= 0.6 is 0 Å². The Kier molecular flexibility index (Phi) is 15.4. The zero-order valence-electron chi connectivity index (χ0n) is 8.70. The Morgan fingerprint density at radius 1 is 1.18 bits per heavy atom. The van der Waals surface area contributed by atoms with E-state index in [1.807, 2.05) is 27.9 Å². The summed E-state index contributed by atoms with van der Waals surface area (Å²) in [6.45, 7) is 7.28. The van der Waals surface area contributed by atoms with Crippen LogP contribution in [-0.2, 0) is 0 Å². The van der Waals surface area contributed by atoms with Gasteiger partial charge in [0.2, 0.25) is 0 Å². The van der Waals surface area contributed by atoms with E-state index in [1.165, 1.54) is 12.8 Å². The first-order valence-electron chi connectivity index (χ1n) is 4.67. The summed E-state index contributed by atoms with van der Waals surface area (Å²) >= 11 is 0. The van der Waals surface area contributed by atoms with Gasteiger partial charge in [0.1, 0.15) is 0 Å². The van der Waals surface area contributed by atoms with Gasteiger partial charge in [-0.05, 0) is 20.5 Å². The molecular formula is C9H24N2. The summed E-state index contributed by atoms with van der Waals surface area (Å²) in [5, 5.41) is 6.38. The van der Waals surface area contributed by atoms with Crippen molar-refractivity contribution in [3.8, 4) is 0 Å². The van der Waals surface area contributed by atoms with Crippen molar-refractivity contribution in [2.24, 2.45) is 0 Å². The van der Waals surface area contributed by atoms with E-state index in [0.29, 0.717) is 6.04 Å². The van der Waals surface area contributed by atoms with Crippen LogP contribution in [0, 0.1) is 0 Å². The molecule has 0 saturated carbocycles. The maximum Gasteiger partial charge on any atom is 0.0189 e. The van der Waals surface area contributed by atoms with Gasteiger partial charge in [0.15, 0.2) is 0 Å². The third-order valence-corrected chi connectivity index (χ3v) is 1.50. The minimum absolute atomic E-state index is 0.653. The zero-order chi connectivity index (χ0) is 9.11. The fraction of sp³-hybridized carbons (Fsp3) is 1.00. The van der Waals surface area contributed by atoms with Crippen molar-refractivity contribution in [2.45, 2.75) is 39.7 Å². The predicted molar refractivity (Wildman–Crippen MR) is 53.0 cm³/mol. The molecule has 0 rings (SSSR count). The molecule has 0 aliphatic carbocycles. The van der Waals surface area contributed by atoms with Crippen molar-refractivity contribution in [1.29, 1.82) is 0 Å². The van der Waals surface area contributed by atoms with Gasteiger partial charge in [-0.25, -0.2) is 0 Å². The second-order valence-electron chi connectivity index (χ2n) is 2.33. The lowest BCUT2D eigenvalue weighted by atomic mass is 10.2. The summed E-state index contributed by atoms with van der Waals surface area (Å²) in [7, 11) is 4.00. The number of nitrogens with one attached hydrogen (secondary N) is 2. The third kappa shape index (κ3) is 9.92. The summed E-state index contributed by atoms with van der Waals surface area (Å²) in [4.78, 5) is 0. The van der Waals surface area contributed by atoms with Crippen LogP contribution in [-0.4, -0.2) is 26.7 Å². The highest BCUT2D eigenvalue weighted by Crippen LogP contribution is 1.92. The van der Waals surface area contributed by atoms with Gasteiger partial charge in [-0.2, -0.15) is 0 Å². The second-order valence-corrected chi connectivity index (χ2v) is 2.33. The minimum Gasteiger partial charge on any atom is -0.318 e. The SMILES string of the molecule is CC.CCCC(CNC)NC. The smallest absolute Gasteiger partial charge is 0.0189 e. The number of hydrogen-bond donors (Lipinski definition) is 2. The molecule has 11 heavy (non-hydrogen) atoms. The van der Waals surface area contributed by atoms with Gasteiger partial charge in [-0.3, -0.25) is 0 Å². The molecule has 1 atom stereocenters. The molecule has 70 valence electrons. The molecule has 0 aliphatic rings. The van der Waals surface area contributed by atoms with E-state index in [0.717, 1.165) is 6.54 Å². The molecule has 0 fully saturated rings. The molecule has 0 spiro atoms. The summed E-state index contributed by atoms with van der Waals surface area (Å²) < 4.78 is 0. The molecule has 0 aromatic heterocycles.